The molecule has 7 nitrogen and oxygen atoms in total. The molecule has 0 saturated carbocycles. The molecular weight excluding hydrogens is 188 g/mol. The van der Waals surface area contributed by atoms with Crippen LogP contribution in [0.1, 0.15) is 6.92 Å². The van der Waals surface area contributed by atoms with Crippen molar-refractivity contribution in [2.45, 2.75) is 19.5 Å². The molecule has 0 aromatic carbocycles. The van der Waals surface area contributed by atoms with Gasteiger partial charge >= 0.3 is 5.97 Å². The number of nitrogens with zero attached hydrogens (tertiary/aromatic N) is 3. The molecule has 1 rings (SSSR count). The maximum Gasteiger partial charge on any atom is 0.325 e. The first-order valence-corrected chi connectivity index (χ1v) is 3.96. The third-order valence-corrected chi connectivity index (χ3v) is 1.53. The van der Waals surface area contributed by atoms with Crippen LogP contribution in [0.25, 0.3) is 0 Å². The Morgan fingerprint density at radius 2 is 2.36 bits per heavy atom. The third-order valence-electron chi connectivity index (χ3n) is 1.53. The minimum absolute atomic E-state index is 0.0301. The molecule has 1 amide bonds. The second kappa shape index (κ2) is 4.35. The molecule has 76 valence electrons. The number of amides is 1. The molecule has 0 aliphatic carbocycles. The van der Waals surface area contributed by atoms with Gasteiger partial charge in [0, 0.05) is 6.20 Å². The number of carbonyl (C=O) groups is 2. The number of hydrogen-bond donors (Lipinski definition) is 2. The summed E-state index contributed by atoms with van der Waals surface area (Å²) in [6, 6.07) is -0.897. The van der Waals surface area contributed by atoms with Crippen LogP contribution in [0, 0.1) is 0 Å². The van der Waals surface area contributed by atoms with E-state index in [1.807, 2.05) is 0 Å². The molecule has 1 aromatic rings. The van der Waals surface area contributed by atoms with E-state index in [1.54, 1.807) is 0 Å². The zero-order chi connectivity index (χ0) is 10.6. The standard InChI is InChI=1S/C7H10N4O3/c1-5(7(13)14)9-6(12)4-11-3-2-8-10-11/h2-3,5H,4H2,1H3,(H,9,12)(H,13,14)/t5-/m1/s1. The topological polar surface area (TPSA) is 97.1 Å². The second-order valence-corrected chi connectivity index (χ2v) is 2.73. The molecule has 7 heteroatoms. The summed E-state index contributed by atoms with van der Waals surface area (Å²) in [7, 11) is 0. The van der Waals surface area contributed by atoms with Gasteiger partial charge in [0.05, 0.1) is 6.20 Å². The van der Waals surface area contributed by atoms with Crippen LogP contribution in [-0.2, 0) is 16.1 Å². The predicted octanol–water partition coefficient (Wildman–Crippen LogP) is -1.13. The lowest BCUT2D eigenvalue weighted by Crippen LogP contribution is -2.40. The van der Waals surface area contributed by atoms with Crippen molar-refractivity contribution in [1.29, 1.82) is 0 Å². The van der Waals surface area contributed by atoms with Crippen molar-refractivity contribution >= 4 is 11.9 Å². The van der Waals surface area contributed by atoms with Gasteiger partial charge in [-0.1, -0.05) is 5.21 Å². The van der Waals surface area contributed by atoms with Crippen LogP contribution in [0.3, 0.4) is 0 Å². The predicted molar refractivity (Wildman–Crippen MR) is 45.3 cm³/mol. The number of carboxylic acids is 1. The average molecular weight is 198 g/mol. The SMILES string of the molecule is C[C@@H](NC(=O)Cn1ccnn1)C(=O)O. The fourth-order valence-electron chi connectivity index (χ4n) is 0.813. The number of nitrogens with one attached hydrogen (secondary N) is 1. The van der Waals surface area contributed by atoms with Gasteiger partial charge in [-0.05, 0) is 6.92 Å². The van der Waals surface area contributed by atoms with Crippen LogP contribution in [0.2, 0.25) is 0 Å². The largest absolute Gasteiger partial charge is 0.480 e. The Kier molecular flexibility index (Phi) is 3.16. The van der Waals surface area contributed by atoms with Gasteiger partial charge in [0.1, 0.15) is 12.6 Å². The van der Waals surface area contributed by atoms with Crippen molar-refractivity contribution in [2.24, 2.45) is 0 Å². The van der Waals surface area contributed by atoms with E-state index < -0.39 is 17.9 Å². The molecule has 1 atom stereocenters. The Morgan fingerprint density at radius 1 is 1.64 bits per heavy atom. The van der Waals surface area contributed by atoms with E-state index in [0.717, 1.165) is 0 Å². The van der Waals surface area contributed by atoms with Gasteiger partial charge < -0.3 is 10.4 Å². The van der Waals surface area contributed by atoms with Crippen molar-refractivity contribution in [2.75, 3.05) is 0 Å². The molecular formula is C7H10N4O3. The maximum atomic E-state index is 11.2. The van der Waals surface area contributed by atoms with Crippen molar-refractivity contribution in [1.82, 2.24) is 20.3 Å². The highest BCUT2D eigenvalue weighted by Crippen LogP contribution is 1.85. The quantitative estimate of drug-likeness (QED) is 0.637. The lowest BCUT2D eigenvalue weighted by Gasteiger charge is -2.08. The highest BCUT2D eigenvalue weighted by Gasteiger charge is 2.13. The fourth-order valence-corrected chi connectivity index (χ4v) is 0.813. The van der Waals surface area contributed by atoms with Crippen LogP contribution in [-0.4, -0.2) is 38.0 Å². The normalized spacial score (nSPS) is 12.1. The van der Waals surface area contributed by atoms with E-state index in [1.165, 1.54) is 24.0 Å². The van der Waals surface area contributed by atoms with Crippen molar-refractivity contribution in [3.8, 4) is 0 Å². The van der Waals surface area contributed by atoms with Crippen LogP contribution in [0.5, 0.6) is 0 Å². The molecule has 0 unspecified atom stereocenters. The molecule has 0 spiro atoms. The lowest BCUT2D eigenvalue weighted by molar-refractivity contribution is -0.141. The van der Waals surface area contributed by atoms with Gasteiger partial charge in [-0.15, -0.1) is 5.10 Å². The summed E-state index contributed by atoms with van der Waals surface area (Å²) in [6.07, 6.45) is 2.96. The second-order valence-electron chi connectivity index (χ2n) is 2.73. The Labute approximate surface area is 79.7 Å². The zero-order valence-electron chi connectivity index (χ0n) is 7.54. The summed E-state index contributed by atoms with van der Waals surface area (Å²) in [6.45, 7) is 1.36. The highest BCUT2D eigenvalue weighted by atomic mass is 16.4. The summed E-state index contributed by atoms with van der Waals surface area (Å²) in [5.41, 5.74) is 0. The van der Waals surface area contributed by atoms with E-state index in [9.17, 15) is 9.59 Å². The Morgan fingerprint density at radius 3 is 2.86 bits per heavy atom. The molecule has 0 radical (unpaired) electrons. The summed E-state index contributed by atoms with van der Waals surface area (Å²) in [4.78, 5) is 21.5. The number of hydrogen-bond acceptors (Lipinski definition) is 4. The van der Waals surface area contributed by atoms with Gasteiger partial charge in [0.2, 0.25) is 5.91 Å². The molecule has 0 bridgehead atoms. The maximum absolute atomic E-state index is 11.2. The van der Waals surface area contributed by atoms with Gasteiger partial charge in [0.25, 0.3) is 0 Å². The molecule has 0 fully saturated rings. The summed E-state index contributed by atoms with van der Waals surface area (Å²) in [5.74, 6) is -1.48. The van der Waals surface area contributed by atoms with Crippen molar-refractivity contribution < 1.29 is 14.7 Å². The van der Waals surface area contributed by atoms with E-state index in [4.69, 9.17) is 5.11 Å². The molecule has 0 aliphatic rings. The first-order valence-electron chi connectivity index (χ1n) is 3.96. The van der Waals surface area contributed by atoms with Crippen LogP contribution in [0.15, 0.2) is 12.4 Å². The molecule has 14 heavy (non-hydrogen) atoms. The van der Waals surface area contributed by atoms with Crippen molar-refractivity contribution in [3.05, 3.63) is 12.4 Å². The number of aliphatic carboxylic acids is 1. The highest BCUT2D eigenvalue weighted by molar-refractivity contribution is 5.82. The minimum Gasteiger partial charge on any atom is -0.480 e. The first-order chi connectivity index (χ1) is 6.59. The lowest BCUT2D eigenvalue weighted by atomic mass is 10.3. The number of carboxylic acid groups (broad SMARTS) is 1. The Balaban J connectivity index is 2.40. The van der Waals surface area contributed by atoms with Crippen LogP contribution < -0.4 is 5.32 Å². The van der Waals surface area contributed by atoms with Crippen LogP contribution in [0.4, 0.5) is 0 Å². The fraction of sp³-hybridized carbons (Fsp3) is 0.429. The van der Waals surface area contributed by atoms with E-state index >= 15 is 0 Å². The summed E-state index contributed by atoms with van der Waals surface area (Å²) < 4.78 is 1.31. The molecule has 2 N–H and O–H groups in total. The van der Waals surface area contributed by atoms with Gasteiger partial charge in [-0.3, -0.25) is 9.59 Å². The number of rotatable bonds is 4. The Hall–Kier alpha value is -1.92. The average Bonchev–Trinajstić information content (AvgIpc) is 2.56. The van der Waals surface area contributed by atoms with E-state index in [-0.39, 0.29) is 6.54 Å². The summed E-state index contributed by atoms with van der Waals surface area (Å²) >= 11 is 0. The summed E-state index contributed by atoms with van der Waals surface area (Å²) in [5, 5.41) is 17.9. The monoisotopic (exact) mass is 198 g/mol. The van der Waals surface area contributed by atoms with Crippen molar-refractivity contribution in [3.63, 3.8) is 0 Å². The first kappa shape index (κ1) is 10.2. The molecule has 0 aliphatic heterocycles. The number of aromatic nitrogens is 3. The minimum atomic E-state index is -1.07. The zero-order valence-corrected chi connectivity index (χ0v) is 7.54. The molecule has 1 aromatic heterocycles. The van der Waals surface area contributed by atoms with E-state index in [2.05, 4.69) is 15.6 Å². The van der Waals surface area contributed by atoms with Gasteiger partial charge in [0.15, 0.2) is 0 Å². The smallest absolute Gasteiger partial charge is 0.325 e. The Bertz CT molecular complexity index is 322. The number of carbonyl (C=O) groups excluding carboxylic acids is 1. The molecule has 1 heterocycles. The molecule has 0 saturated heterocycles. The van der Waals surface area contributed by atoms with Crippen LogP contribution >= 0.6 is 0 Å². The van der Waals surface area contributed by atoms with E-state index in [0.29, 0.717) is 0 Å². The third kappa shape index (κ3) is 2.85. The van der Waals surface area contributed by atoms with Gasteiger partial charge in [-0.2, -0.15) is 0 Å². The van der Waals surface area contributed by atoms with Gasteiger partial charge in [-0.25, -0.2) is 4.68 Å².